The van der Waals surface area contributed by atoms with Gasteiger partial charge in [-0.25, -0.2) is 23.1 Å². The topological polar surface area (TPSA) is 122 Å². The molecular formula is C23H25N5O4S2. The Bertz CT molecular complexity index is 1270. The fourth-order valence-corrected chi connectivity index (χ4v) is 4.11. The Morgan fingerprint density at radius 3 is 2.35 bits per heavy atom. The van der Waals surface area contributed by atoms with Crippen LogP contribution in [0.1, 0.15) is 35.1 Å². The van der Waals surface area contributed by atoms with E-state index in [1.54, 1.807) is 44.2 Å². The van der Waals surface area contributed by atoms with Gasteiger partial charge in [0.2, 0.25) is 5.95 Å². The lowest BCUT2D eigenvalue weighted by molar-refractivity contribution is 0.0977. The molecule has 0 saturated carbocycles. The number of anilines is 2. The van der Waals surface area contributed by atoms with E-state index in [1.165, 1.54) is 24.3 Å². The second-order valence-corrected chi connectivity index (χ2v) is 9.48. The standard InChI is InChI=1S/C23H25N5O4S2/c1-4-12-32-19-7-5-6-17(14-19)21(29)27-23(33)26-18-8-10-20(11-9-18)34(30,31)28-22-24-15(2)13-16(3)25-22/h5-11,13-14H,4,12H2,1-3H3,(H,24,25,28)(H2,26,27,29,33). The fourth-order valence-electron chi connectivity index (χ4n) is 2.95. The molecular weight excluding hydrogens is 474 g/mol. The number of nitrogens with zero attached hydrogens (tertiary/aromatic N) is 2. The van der Waals surface area contributed by atoms with Crippen molar-refractivity contribution in [3.05, 3.63) is 71.5 Å². The van der Waals surface area contributed by atoms with Gasteiger partial charge in [-0.3, -0.25) is 10.1 Å². The molecule has 0 fully saturated rings. The molecule has 1 heterocycles. The van der Waals surface area contributed by atoms with Gasteiger partial charge in [0.1, 0.15) is 5.75 Å². The molecule has 3 rings (SSSR count). The van der Waals surface area contributed by atoms with Gasteiger partial charge in [-0.2, -0.15) is 0 Å². The van der Waals surface area contributed by atoms with Crippen molar-refractivity contribution in [1.29, 1.82) is 0 Å². The summed E-state index contributed by atoms with van der Waals surface area (Å²) < 4.78 is 33.2. The lowest BCUT2D eigenvalue weighted by Gasteiger charge is -2.12. The third-order valence-electron chi connectivity index (χ3n) is 4.43. The number of sulfonamides is 1. The summed E-state index contributed by atoms with van der Waals surface area (Å²) in [5.74, 6) is 0.217. The average molecular weight is 500 g/mol. The molecule has 1 amide bonds. The molecule has 0 unspecified atom stereocenters. The van der Waals surface area contributed by atoms with E-state index in [2.05, 4.69) is 25.3 Å². The molecule has 0 spiro atoms. The molecule has 178 valence electrons. The Hall–Kier alpha value is -3.57. The van der Waals surface area contributed by atoms with Crippen LogP contribution in [0.4, 0.5) is 11.6 Å². The molecule has 0 aliphatic rings. The van der Waals surface area contributed by atoms with Gasteiger partial charge in [0, 0.05) is 22.6 Å². The van der Waals surface area contributed by atoms with Gasteiger partial charge in [0.25, 0.3) is 15.9 Å². The highest BCUT2D eigenvalue weighted by molar-refractivity contribution is 7.92. The van der Waals surface area contributed by atoms with Crippen molar-refractivity contribution in [2.45, 2.75) is 32.1 Å². The van der Waals surface area contributed by atoms with Crippen LogP contribution in [-0.4, -0.2) is 36.0 Å². The number of hydrogen-bond donors (Lipinski definition) is 3. The van der Waals surface area contributed by atoms with Crippen molar-refractivity contribution in [2.75, 3.05) is 16.6 Å². The number of aryl methyl sites for hydroxylation is 2. The van der Waals surface area contributed by atoms with E-state index in [1.807, 2.05) is 6.92 Å². The van der Waals surface area contributed by atoms with E-state index >= 15 is 0 Å². The van der Waals surface area contributed by atoms with E-state index < -0.39 is 15.9 Å². The lowest BCUT2D eigenvalue weighted by Crippen LogP contribution is -2.34. The second kappa shape index (κ2) is 11.0. The SMILES string of the molecule is CCCOc1cccc(C(=O)NC(=S)Nc2ccc(S(=O)(=O)Nc3nc(C)cc(C)n3)cc2)c1. The van der Waals surface area contributed by atoms with Crippen LogP contribution in [0.25, 0.3) is 0 Å². The Balaban J connectivity index is 1.61. The molecule has 3 N–H and O–H groups in total. The molecule has 11 heteroatoms. The van der Waals surface area contributed by atoms with Crippen molar-refractivity contribution < 1.29 is 17.9 Å². The summed E-state index contributed by atoms with van der Waals surface area (Å²) in [5, 5.41) is 5.53. The van der Waals surface area contributed by atoms with Crippen molar-refractivity contribution in [1.82, 2.24) is 15.3 Å². The minimum Gasteiger partial charge on any atom is -0.494 e. The highest BCUT2D eigenvalue weighted by Gasteiger charge is 2.16. The van der Waals surface area contributed by atoms with Crippen LogP contribution in [-0.2, 0) is 10.0 Å². The third-order valence-corrected chi connectivity index (χ3v) is 5.97. The predicted molar refractivity (Wildman–Crippen MR) is 135 cm³/mol. The summed E-state index contributed by atoms with van der Waals surface area (Å²) in [5.41, 5.74) is 2.21. The van der Waals surface area contributed by atoms with Crippen LogP contribution >= 0.6 is 12.2 Å². The number of rotatable bonds is 8. The first-order valence-corrected chi connectivity index (χ1v) is 12.4. The van der Waals surface area contributed by atoms with Crippen LogP contribution in [0.2, 0.25) is 0 Å². The molecule has 3 aromatic rings. The quantitative estimate of drug-likeness (QED) is 0.400. The largest absolute Gasteiger partial charge is 0.494 e. The minimum absolute atomic E-state index is 0.00718. The van der Waals surface area contributed by atoms with Crippen LogP contribution in [0, 0.1) is 13.8 Å². The summed E-state index contributed by atoms with van der Waals surface area (Å²) in [4.78, 5) is 20.7. The van der Waals surface area contributed by atoms with Gasteiger partial charge >= 0.3 is 0 Å². The van der Waals surface area contributed by atoms with Gasteiger partial charge in [-0.05, 0) is 81.0 Å². The summed E-state index contributed by atoms with van der Waals surface area (Å²) in [7, 11) is -3.88. The number of hydrogen-bond acceptors (Lipinski definition) is 7. The van der Waals surface area contributed by atoms with Crippen molar-refractivity contribution >= 4 is 44.9 Å². The maximum atomic E-state index is 12.6. The number of ether oxygens (including phenoxy) is 1. The van der Waals surface area contributed by atoms with E-state index in [9.17, 15) is 13.2 Å². The van der Waals surface area contributed by atoms with Gasteiger partial charge in [0.05, 0.1) is 11.5 Å². The average Bonchev–Trinajstić information content (AvgIpc) is 2.77. The van der Waals surface area contributed by atoms with Gasteiger partial charge in [-0.1, -0.05) is 13.0 Å². The maximum Gasteiger partial charge on any atom is 0.264 e. The molecule has 0 atom stereocenters. The highest BCUT2D eigenvalue weighted by atomic mass is 32.2. The Kier molecular flexibility index (Phi) is 8.13. The van der Waals surface area contributed by atoms with Crippen LogP contribution < -0.4 is 20.1 Å². The zero-order valence-corrected chi connectivity index (χ0v) is 20.6. The maximum absolute atomic E-state index is 12.6. The fraction of sp³-hybridized carbons (Fsp3) is 0.217. The van der Waals surface area contributed by atoms with E-state index in [-0.39, 0.29) is 16.0 Å². The van der Waals surface area contributed by atoms with Crippen LogP contribution in [0.3, 0.4) is 0 Å². The number of amides is 1. The summed E-state index contributed by atoms with van der Waals surface area (Å²) in [6.07, 6.45) is 0.861. The number of carbonyl (C=O) groups is 1. The molecule has 9 nitrogen and oxygen atoms in total. The van der Waals surface area contributed by atoms with E-state index in [0.29, 0.717) is 35.0 Å². The normalized spacial score (nSPS) is 10.9. The molecule has 0 saturated heterocycles. The van der Waals surface area contributed by atoms with Crippen LogP contribution in [0.5, 0.6) is 5.75 Å². The molecule has 2 aromatic carbocycles. The molecule has 1 aromatic heterocycles. The van der Waals surface area contributed by atoms with E-state index in [4.69, 9.17) is 17.0 Å². The van der Waals surface area contributed by atoms with Gasteiger partial charge in [-0.15, -0.1) is 0 Å². The number of carbonyl (C=O) groups excluding carboxylic acids is 1. The Labute approximate surface area is 204 Å². The lowest BCUT2D eigenvalue weighted by atomic mass is 10.2. The highest BCUT2D eigenvalue weighted by Crippen LogP contribution is 2.17. The number of benzene rings is 2. The first-order valence-electron chi connectivity index (χ1n) is 10.5. The molecule has 0 bridgehead atoms. The first kappa shape index (κ1) is 25.1. The number of nitrogens with one attached hydrogen (secondary N) is 3. The summed E-state index contributed by atoms with van der Waals surface area (Å²) in [6.45, 7) is 6.07. The van der Waals surface area contributed by atoms with E-state index in [0.717, 1.165) is 6.42 Å². The Morgan fingerprint density at radius 2 is 1.71 bits per heavy atom. The van der Waals surface area contributed by atoms with Gasteiger partial charge in [0.15, 0.2) is 5.11 Å². The number of thiocarbonyl (C=S) groups is 1. The zero-order valence-electron chi connectivity index (χ0n) is 19.0. The van der Waals surface area contributed by atoms with Gasteiger partial charge < -0.3 is 10.1 Å². The molecule has 0 radical (unpaired) electrons. The molecule has 0 aliphatic heterocycles. The summed E-state index contributed by atoms with van der Waals surface area (Å²) >= 11 is 5.21. The minimum atomic E-state index is -3.88. The van der Waals surface area contributed by atoms with Crippen molar-refractivity contribution in [3.63, 3.8) is 0 Å². The predicted octanol–water partition coefficient (Wildman–Crippen LogP) is 3.81. The van der Waals surface area contributed by atoms with Crippen molar-refractivity contribution in [2.24, 2.45) is 0 Å². The molecule has 0 aliphatic carbocycles. The van der Waals surface area contributed by atoms with Crippen molar-refractivity contribution in [3.8, 4) is 5.75 Å². The smallest absolute Gasteiger partial charge is 0.264 e. The summed E-state index contributed by atoms with van der Waals surface area (Å²) in [6, 6.07) is 14.4. The van der Waals surface area contributed by atoms with Crippen LogP contribution in [0.15, 0.2) is 59.5 Å². The zero-order chi connectivity index (χ0) is 24.7. The Morgan fingerprint density at radius 1 is 1.03 bits per heavy atom. The molecule has 34 heavy (non-hydrogen) atoms. The second-order valence-electron chi connectivity index (χ2n) is 7.39. The third kappa shape index (κ3) is 6.96. The number of aromatic nitrogens is 2. The first-order chi connectivity index (χ1) is 16.2. The monoisotopic (exact) mass is 499 g/mol.